The van der Waals surface area contributed by atoms with E-state index in [1.54, 1.807) is 0 Å². The Bertz CT molecular complexity index is 1160. The molecular formula is C20H14ClN3O5S2. The van der Waals surface area contributed by atoms with E-state index in [4.69, 9.17) is 16.3 Å². The quantitative estimate of drug-likeness (QED) is 0.286. The van der Waals surface area contributed by atoms with Crippen molar-refractivity contribution in [3.63, 3.8) is 0 Å². The SMILES string of the molecule is O=C(OCC(=O)N1N=C(c2cccs2)CC1c1cccs1)c1ccc(Cl)c([N+](=O)[O-])c1. The number of rotatable bonds is 6. The van der Waals surface area contributed by atoms with E-state index >= 15 is 0 Å². The molecule has 11 heteroatoms. The number of hydrazone groups is 1. The van der Waals surface area contributed by atoms with E-state index < -0.39 is 29.1 Å². The molecule has 0 aliphatic carbocycles. The summed E-state index contributed by atoms with van der Waals surface area (Å²) in [6.45, 7) is -0.543. The lowest BCUT2D eigenvalue weighted by atomic mass is 10.1. The molecule has 158 valence electrons. The van der Waals surface area contributed by atoms with Gasteiger partial charge >= 0.3 is 5.97 Å². The Labute approximate surface area is 189 Å². The van der Waals surface area contributed by atoms with Crippen LogP contribution in [-0.2, 0) is 9.53 Å². The number of thiophene rings is 2. The third-order valence-corrected chi connectivity index (χ3v) is 6.76. The molecular weight excluding hydrogens is 462 g/mol. The topological polar surface area (TPSA) is 102 Å². The van der Waals surface area contributed by atoms with Crippen molar-refractivity contribution in [3.05, 3.63) is 83.7 Å². The molecule has 2 aromatic heterocycles. The lowest BCUT2D eigenvalue weighted by Crippen LogP contribution is -2.31. The Hall–Kier alpha value is -3.08. The summed E-state index contributed by atoms with van der Waals surface area (Å²) in [5.41, 5.74) is 0.314. The second-order valence-electron chi connectivity index (χ2n) is 6.50. The summed E-state index contributed by atoms with van der Waals surface area (Å²) in [7, 11) is 0. The van der Waals surface area contributed by atoms with Gasteiger partial charge < -0.3 is 4.74 Å². The molecule has 0 bridgehead atoms. The summed E-state index contributed by atoms with van der Waals surface area (Å²) < 4.78 is 5.11. The van der Waals surface area contributed by atoms with Crippen LogP contribution in [0.3, 0.4) is 0 Å². The van der Waals surface area contributed by atoms with Gasteiger partial charge in [0.15, 0.2) is 6.61 Å². The average Bonchev–Trinajstić information content (AvgIpc) is 3.52. The number of amides is 1. The molecule has 1 aliphatic heterocycles. The highest BCUT2D eigenvalue weighted by atomic mass is 35.5. The second-order valence-corrected chi connectivity index (χ2v) is 8.83. The number of hydrogen-bond acceptors (Lipinski definition) is 8. The van der Waals surface area contributed by atoms with Crippen molar-refractivity contribution in [2.75, 3.05) is 6.61 Å². The number of carbonyl (C=O) groups is 2. The molecule has 1 unspecified atom stereocenters. The van der Waals surface area contributed by atoms with Gasteiger partial charge in [-0.15, -0.1) is 22.7 Å². The molecule has 0 spiro atoms. The van der Waals surface area contributed by atoms with Crippen molar-refractivity contribution >= 4 is 57.6 Å². The number of halogens is 1. The van der Waals surface area contributed by atoms with Gasteiger partial charge in [-0.25, -0.2) is 9.80 Å². The lowest BCUT2D eigenvalue weighted by molar-refractivity contribution is -0.384. The molecule has 8 nitrogen and oxygen atoms in total. The van der Waals surface area contributed by atoms with Gasteiger partial charge in [0.25, 0.3) is 11.6 Å². The van der Waals surface area contributed by atoms with Crippen LogP contribution in [0.2, 0.25) is 5.02 Å². The highest BCUT2D eigenvalue weighted by Gasteiger charge is 2.34. The predicted molar refractivity (Wildman–Crippen MR) is 118 cm³/mol. The molecule has 4 rings (SSSR count). The summed E-state index contributed by atoms with van der Waals surface area (Å²) in [6.07, 6.45) is 0.560. The molecule has 1 amide bonds. The molecule has 3 aromatic rings. The number of benzene rings is 1. The predicted octanol–water partition coefficient (Wildman–Crippen LogP) is 4.91. The zero-order valence-electron chi connectivity index (χ0n) is 15.8. The number of hydrogen-bond donors (Lipinski definition) is 0. The molecule has 31 heavy (non-hydrogen) atoms. The summed E-state index contributed by atoms with van der Waals surface area (Å²) in [5.74, 6) is -1.34. The van der Waals surface area contributed by atoms with Crippen LogP contribution in [0.5, 0.6) is 0 Å². The maximum Gasteiger partial charge on any atom is 0.338 e. The summed E-state index contributed by atoms with van der Waals surface area (Å²) in [6, 6.07) is 11.0. The van der Waals surface area contributed by atoms with Crippen LogP contribution < -0.4 is 0 Å². The van der Waals surface area contributed by atoms with Gasteiger partial charge in [0, 0.05) is 17.4 Å². The maximum absolute atomic E-state index is 12.9. The highest BCUT2D eigenvalue weighted by Crippen LogP contribution is 2.36. The standard InChI is InChI=1S/C20H14ClN3O5S2/c21-13-6-5-12(9-15(13)24(27)28)20(26)29-11-19(25)23-16(18-4-2-8-31-18)10-14(22-23)17-3-1-7-30-17/h1-9,16H,10-11H2. The van der Waals surface area contributed by atoms with Crippen LogP contribution in [0.4, 0.5) is 5.69 Å². The number of carbonyl (C=O) groups excluding carboxylic acids is 2. The number of esters is 1. The first-order valence-corrected chi connectivity index (χ1v) is 11.2. The fourth-order valence-electron chi connectivity index (χ4n) is 3.09. The third kappa shape index (κ3) is 4.50. The van der Waals surface area contributed by atoms with E-state index in [0.717, 1.165) is 21.5 Å². The number of ether oxygens (including phenoxy) is 1. The van der Waals surface area contributed by atoms with Crippen LogP contribution in [0.1, 0.15) is 32.6 Å². The van der Waals surface area contributed by atoms with Crippen molar-refractivity contribution in [3.8, 4) is 0 Å². The van der Waals surface area contributed by atoms with Crippen LogP contribution in [0, 0.1) is 10.1 Å². The largest absolute Gasteiger partial charge is 0.452 e. The van der Waals surface area contributed by atoms with Gasteiger partial charge in [-0.1, -0.05) is 23.7 Å². The minimum atomic E-state index is -0.859. The van der Waals surface area contributed by atoms with Gasteiger partial charge in [0.2, 0.25) is 0 Å². The molecule has 1 aliphatic rings. The summed E-state index contributed by atoms with van der Waals surface area (Å²) in [4.78, 5) is 37.4. The molecule has 0 radical (unpaired) electrons. The summed E-state index contributed by atoms with van der Waals surface area (Å²) in [5, 5.41) is 20.6. The average molecular weight is 476 g/mol. The van der Waals surface area contributed by atoms with Crippen molar-refractivity contribution in [1.29, 1.82) is 0 Å². The Morgan fingerprint density at radius 1 is 1.23 bits per heavy atom. The van der Waals surface area contributed by atoms with Crippen molar-refractivity contribution in [2.24, 2.45) is 5.10 Å². The molecule has 0 N–H and O–H groups in total. The van der Waals surface area contributed by atoms with E-state index in [-0.39, 0.29) is 16.6 Å². The molecule has 3 heterocycles. The van der Waals surface area contributed by atoms with Gasteiger partial charge in [0.1, 0.15) is 5.02 Å². The Balaban J connectivity index is 1.49. The van der Waals surface area contributed by atoms with E-state index in [2.05, 4.69) is 5.10 Å². The van der Waals surface area contributed by atoms with Crippen LogP contribution in [-0.4, -0.2) is 34.1 Å². The van der Waals surface area contributed by atoms with E-state index in [0.29, 0.717) is 6.42 Å². The van der Waals surface area contributed by atoms with E-state index in [1.807, 2.05) is 35.0 Å². The minimum absolute atomic E-state index is 0.0668. The first-order chi connectivity index (χ1) is 14.9. The van der Waals surface area contributed by atoms with Gasteiger partial charge in [-0.2, -0.15) is 5.10 Å². The van der Waals surface area contributed by atoms with E-state index in [9.17, 15) is 19.7 Å². The van der Waals surface area contributed by atoms with Crippen LogP contribution >= 0.6 is 34.3 Å². The Kier molecular flexibility index (Phi) is 6.12. The summed E-state index contributed by atoms with van der Waals surface area (Å²) >= 11 is 8.82. The lowest BCUT2D eigenvalue weighted by Gasteiger charge is -2.20. The van der Waals surface area contributed by atoms with Gasteiger partial charge in [0.05, 0.1) is 27.1 Å². The van der Waals surface area contributed by atoms with Gasteiger partial charge in [-0.05, 0) is 35.0 Å². The molecule has 1 aromatic carbocycles. The zero-order chi connectivity index (χ0) is 22.0. The third-order valence-electron chi connectivity index (χ3n) is 4.55. The molecule has 0 saturated carbocycles. The molecule has 0 saturated heterocycles. The highest BCUT2D eigenvalue weighted by molar-refractivity contribution is 7.12. The monoisotopic (exact) mass is 475 g/mol. The number of nitro groups is 1. The van der Waals surface area contributed by atoms with Crippen LogP contribution in [0.15, 0.2) is 58.3 Å². The van der Waals surface area contributed by atoms with Gasteiger partial charge in [-0.3, -0.25) is 14.9 Å². The van der Waals surface area contributed by atoms with Crippen molar-refractivity contribution < 1.29 is 19.2 Å². The Morgan fingerprint density at radius 3 is 2.68 bits per heavy atom. The van der Waals surface area contributed by atoms with Crippen molar-refractivity contribution in [1.82, 2.24) is 5.01 Å². The first kappa shape index (κ1) is 21.2. The second kappa shape index (κ2) is 8.96. The minimum Gasteiger partial charge on any atom is -0.452 e. The van der Waals surface area contributed by atoms with Crippen molar-refractivity contribution in [2.45, 2.75) is 12.5 Å². The van der Waals surface area contributed by atoms with E-state index in [1.165, 1.54) is 39.8 Å². The fraction of sp³-hybridized carbons (Fsp3) is 0.150. The smallest absolute Gasteiger partial charge is 0.338 e. The zero-order valence-corrected chi connectivity index (χ0v) is 18.2. The first-order valence-electron chi connectivity index (χ1n) is 9.02. The number of nitro benzene ring substituents is 1. The Morgan fingerprint density at radius 2 is 2.00 bits per heavy atom. The molecule has 0 fully saturated rings. The molecule has 1 atom stereocenters. The van der Waals surface area contributed by atoms with Crippen LogP contribution in [0.25, 0.3) is 0 Å². The normalized spacial score (nSPS) is 15.6. The fourth-order valence-corrected chi connectivity index (χ4v) is 4.81. The maximum atomic E-state index is 12.9. The number of nitrogens with zero attached hydrogens (tertiary/aromatic N) is 3.